The summed E-state index contributed by atoms with van der Waals surface area (Å²) in [6, 6.07) is 0. The van der Waals surface area contributed by atoms with Crippen LogP contribution in [0.15, 0.2) is 0 Å². The predicted molar refractivity (Wildman–Crippen MR) is 61.7 cm³/mol. The number of hydrogen-bond acceptors (Lipinski definition) is 5. The third-order valence-electron chi connectivity index (χ3n) is 2.57. The molecule has 1 aliphatic heterocycles. The standard InChI is InChI=1S/C10H15ClN4O/c1-7-9(11)14-15-10(13-7)12-6-8-4-2-3-5-16-8/h8H,2-6H2,1H3,(H,12,13,15). The number of ether oxygens (including phenoxy) is 1. The van der Waals surface area contributed by atoms with E-state index < -0.39 is 0 Å². The Labute approximate surface area is 99.6 Å². The quantitative estimate of drug-likeness (QED) is 0.876. The van der Waals surface area contributed by atoms with Crippen LogP contribution in [-0.2, 0) is 4.74 Å². The van der Waals surface area contributed by atoms with E-state index in [2.05, 4.69) is 20.5 Å². The third kappa shape index (κ3) is 3.02. The van der Waals surface area contributed by atoms with Gasteiger partial charge >= 0.3 is 0 Å². The molecule has 2 rings (SSSR count). The summed E-state index contributed by atoms with van der Waals surface area (Å²) >= 11 is 5.74. The molecule has 1 aromatic rings. The van der Waals surface area contributed by atoms with Crippen molar-refractivity contribution in [2.75, 3.05) is 18.5 Å². The number of halogens is 1. The van der Waals surface area contributed by atoms with E-state index in [0.717, 1.165) is 26.0 Å². The first kappa shape index (κ1) is 11.5. The first-order valence-corrected chi connectivity index (χ1v) is 5.86. The van der Waals surface area contributed by atoms with Crippen LogP contribution in [0.4, 0.5) is 5.95 Å². The summed E-state index contributed by atoms with van der Waals surface area (Å²) in [7, 11) is 0. The van der Waals surface area contributed by atoms with E-state index in [0.29, 0.717) is 16.8 Å². The van der Waals surface area contributed by atoms with E-state index in [1.165, 1.54) is 6.42 Å². The molecule has 0 spiro atoms. The number of aromatic nitrogens is 3. The molecule has 0 amide bonds. The minimum atomic E-state index is 0.258. The fourth-order valence-electron chi connectivity index (χ4n) is 1.64. The van der Waals surface area contributed by atoms with Gasteiger partial charge in [-0.1, -0.05) is 11.6 Å². The zero-order chi connectivity index (χ0) is 11.4. The van der Waals surface area contributed by atoms with E-state index in [9.17, 15) is 0 Å². The summed E-state index contributed by atoms with van der Waals surface area (Å²) in [5.74, 6) is 0.510. The number of nitrogens with one attached hydrogen (secondary N) is 1. The molecule has 1 saturated heterocycles. The van der Waals surface area contributed by atoms with Gasteiger partial charge in [0.15, 0.2) is 5.15 Å². The van der Waals surface area contributed by atoms with Gasteiger partial charge in [0.2, 0.25) is 5.95 Å². The average Bonchev–Trinajstić information content (AvgIpc) is 2.32. The fourth-order valence-corrected chi connectivity index (χ4v) is 1.72. The fraction of sp³-hybridized carbons (Fsp3) is 0.700. The summed E-state index contributed by atoms with van der Waals surface area (Å²) in [4.78, 5) is 4.18. The van der Waals surface area contributed by atoms with Crippen LogP contribution in [0.1, 0.15) is 25.0 Å². The molecule has 16 heavy (non-hydrogen) atoms. The number of rotatable bonds is 3. The maximum absolute atomic E-state index is 5.74. The van der Waals surface area contributed by atoms with E-state index in [1.54, 1.807) is 6.92 Å². The van der Waals surface area contributed by atoms with Crippen molar-refractivity contribution in [2.45, 2.75) is 32.3 Å². The molecule has 0 saturated carbocycles. The Morgan fingerprint density at radius 2 is 2.31 bits per heavy atom. The molecule has 1 aromatic heterocycles. The van der Waals surface area contributed by atoms with Crippen LogP contribution in [0.25, 0.3) is 0 Å². The van der Waals surface area contributed by atoms with Crippen molar-refractivity contribution in [1.82, 2.24) is 15.2 Å². The number of aryl methyl sites for hydroxylation is 1. The van der Waals surface area contributed by atoms with Gasteiger partial charge in [-0.3, -0.25) is 0 Å². The first-order chi connectivity index (χ1) is 7.75. The molecule has 1 unspecified atom stereocenters. The topological polar surface area (TPSA) is 59.9 Å². The van der Waals surface area contributed by atoms with Crippen molar-refractivity contribution < 1.29 is 4.74 Å². The molecule has 1 fully saturated rings. The molecule has 0 bridgehead atoms. The molecule has 5 nitrogen and oxygen atoms in total. The van der Waals surface area contributed by atoms with E-state index in [4.69, 9.17) is 16.3 Å². The second kappa shape index (κ2) is 5.41. The Morgan fingerprint density at radius 1 is 1.44 bits per heavy atom. The van der Waals surface area contributed by atoms with E-state index in [-0.39, 0.29) is 6.10 Å². The Bertz CT molecular complexity index is 355. The minimum absolute atomic E-state index is 0.258. The number of anilines is 1. The Balaban J connectivity index is 1.86. The second-order valence-electron chi connectivity index (χ2n) is 3.88. The van der Waals surface area contributed by atoms with Crippen LogP contribution in [0.2, 0.25) is 5.15 Å². The normalized spacial score (nSPS) is 20.8. The van der Waals surface area contributed by atoms with Gasteiger partial charge in [-0.15, -0.1) is 10.2 Å². The van der Waals surface area contributed by atoms with Gasteiger partial charge in [0.05, 0.1) is 11.8 Å². The van der Waals surface area contributed by atoms with Crippen LogP contribution in [0, 0.1) is 6.92 Å². The number of hydrogen-bond donors (Lipinski definition) is 1. The summed E-state index contributed by atoms with van der Waals surface area (Å²) < 4.78 is 5.59. The van der Waals surface area contributed by atoms with Crippen molar-refractivity contribution in [3.05, 3.63) is 10.8 Å². The summed E-state index contributed by atoms with van der Waals surface area (Å²) in [5, 5.41) is 11.1. The maximum Gasteiger partial charge on any atom is 0.243 e. The van der Waals surface area contributed by atoms with Gasteiger partial charge in [0.1, 0.15) is 0 Å². The van der Waals surface area contributed by atoms with Gasteiger partial charge in [-0.05, 0) is 26.2 Å². The highest BCUT2D eigenvalue weighted by Crippen LogP contribution is 2.13. The summed E-state index contributed by atoms with van der Waals surface area (Å²) in [5.41, 5.74) is 0.684. The van der Waals surface area contributed by atoms with E-state index >= 15 is 0 Å². The molecule has 0 aromatic carbocycles. The lowest BCUT2D eigenvalue weighted by molar-refractivity contribution is 0.0246. The second-order valence-corrected chi connectivity index (χ2v) is 4.24. The van der Waals surface area contributed by atoms with Crippen LogP contribution < -0.4 is 5.32 Å². The molecular weight excluding hydrogens is 228 g/mol. The molecule has 0 radical (unpaired) electrons. The van der Waals surface area contributed by atoms with Gasteiger partial charge in [-0.25, -0.2) is 4.98 Å². The zero-order valence-corrected chi connectivity index (χ0v) is 10.00. The van der Waals surface area contributed by atoms with Gasteiger partial charge in [0, 0.05) is 13.2 Å². The molecule has 88 valence electrons. The smallest absolute Gasteiger partial charge is 0.243 e. The monoisotopic (exact) mass is 242 g/mol. The number of nitrogens with zero attached hydrogens (tertiary/aromatic N) is 3. The summed E-state index contributed by atoms with van der Waals surface area (Å²) in [6.45, 7) is 3.38. The van der Waals surface area contributed by atoms with Crippen LogP contribution >= 0.6 is 11.6 Å². The molecule has 1 atom stereocenters. The van der Waals surface area contributed by atoms with Crippen molar-refractivity contribution in [3.63, 3.8) is 0 Å². The highest BCUT2D eigenvalue weighted by atomic mass is 35.5. The van der Waals surface area contributed by atoms with Crippen LogP contribution in [-0.4, -0.2) is 34.4 Å². The highest BCUT2D eigenvalue weighted by molar-refractivity contribution is 6.29. The van der Waals surface area contributed by atoms with Crippen molar-refractivity contribution in [1.29, 1.82) is 0 Å². The first-order valence-electron chi connectivity index (χ1n) is 5.48. The molecular formula is C10H15ClN4O. The average molecular weight is 243 g/mol. The summed E-state index contributed by atoms with van der Waals surface area (Å²) in [6.07, 6.45) is 3.74. The zero-order valence-electron chi connectivity index (χ0n) is 9.24. The van der Waals surface area contributed by atoms with Crippen molar-refractivity contribution >= 4 is 17.5 Å². The molecule has 1 N–H and O–H groups in total. The highest BCUT2D eigenvalue weighted by Gasteiger charge is 2.14. The van der Waals surface area contributed by atoms with Crippen molar-refractivity contribution in [2.24, 2.45) is 0 Å². The maximum atomic E-state index is 5.74. The minimum Gasteiger partial charge on any atom is -0.376 e. The Kier molecular flexibility index (Phi) is 3.90. The van der Waals surface area contributed by atoms with Gasteiger partial charge in [0.25, 0.3) is 0 Å². The molecule has 6 heteroatoms. The molecule has 1 aliphatic rings. The lowest BCUT2D eigenvalue weighted by Crippen LogP contribution is -2.27. The van der Waals surface area contributed by atoms with Gasteiger partial charge < -0.3 is 10.1 Å². The van der Waals surface area contributed by atoms with E-state index in [1.807, 2.05) is 0 Å². The third-order valence-corrected chi connectivity index (χ3v) is 2.92. The van der Waals surface area contributed by atoms with Crippen LogP contribution in [0.5, 0.6) is 0 Å². The van der Waals surface area contributed by atoms with Crippen LogP contribution in [0.3, 0.4) is 0 Å². The Morgan fingerprint density at radius 3 is 3.00 bits per heavy atom. The van der Waals surface area contributed by atoms with Crippen molar-refractivity contribution in [3.8, 4) is 0 Å². The molecule has 2 heterocycles. The van der Waals surface area contributed by atoms with Gasteiger partial charge in [-0.2, -0.15) is 0 Å². The largest absolute Gasteiger partial charge is 0.376 e. The Hall–Kier alpha value is -0.940. The molecule has 0 aliphatic carbocycles. The lowest BCUT2D eigenvalue weighted by atomic mass is 10.1. The SMILES string of the molecule is Cc1nc(NCC2CCCCO2)nnc1Cl. The predicted octanol–water partition coefficient (Wildman–Crippen LogP) is 1.81. The lowest BCUT2D eigenvalue weighted by Gasteiger charge is -2.22.